The number of hydrogen-bond acceptors (Lipinski definition) is 4. The number of carbonyl (C=O) groups excluding carboxylic acids is 1. The zero-order valence-corrected chi connectivity index (χ0v) is 12.0. The molecule has 0 aliphatic carbocycles. The summed E-state index contributed by atoms with van der Waals surface area (Å²) in [6, 6.07) is 0.131. The van der Waals surface area contributed by atoms with E-state index < -0.39 is 5.60 Å². The fourth-order valence-corrected chi connectivity index (χ4v) is 2.60. The highest BCUT2D eigenvalue weighted by atomic mass is 16.5. The molecule has 0 aromatic heterocycles. The van der Waals surface area contributed by atoms with Gasteiger partial charge in [0, 0.05) is 45.8 Å². The second-order valence-corrected chi connectivity index (χ2v) is 5.96. The van der Waals surface area contributed by atoms with Crippen LogP contribution in [0.5, 0.6) is 0 Å². The first-order valence-corrected chi connectivity index (χ1v) is 7.02. The van der Waals surface area contributed by atoms with Crippen molar-refractivity contribution < 1.29 is 14.6 Å². The monoisotopic (exact) mass is 271 g/mol. The van der Waals surface area contributed by atoms with Crippen LogP contribution in [-0.2, 0) is 4.74 Å². The summed E-state index contributed by atoms with van der Waals surface area (Å²) in [7, 11) is 0. The van der Waals surface area contributed by atoms with Crippen LogP contribution in [0.2, 0.25) is 0 Å². The van der Waals surface area contributed by atoms with Crippen LogP contribution in [-0.4, -0.2) is 90.5 Å². The first-order valence-electron chi connectivity index (χ1n) is 7.02. The molecule has 6 heteroatoms. The molecule has 19 heavy (non-hydrogen) atoms. The molecular formula is C13H25N3O3. The topological polar surface area (TPSA) is 56.2 Å². The van der Waals surface area contributed by atoms with E-state index in [2.05, 4.69) is 4.90 Å². The van der Waals surface area contributed by atoms with Gasteiger partial charge in [-0.3, -0.25) is 4.90 Å². The van der Waals surface area contributed by atoms with Crippen molar-refractivity contribution in [1.29, 1.82) is 0 Å². The molecule has 2 saturated heterocycles. The van der Waals surface area contributed by atoms with Crippen LogP contribution in [0, 0.1) is 0 Å². The van der Waals surface area contributed by atoms with Crippen molar-refractivity contribution in [3.63, 3.8) is 0 Å². The number of amides is 2. The molecule has 0 aromatic rings. The van der Waals surface area contributed by atoms with E-state index in [4.69, 9.17) is 4.74 Å². The number of morpholine rings is 1. The lowest BCUT2D eigenvalue weighted by atomic mass is 10.1. The van der Waals surface area contributed by atoms with Gasteiger partial charge in [-0.25, -0.2) is 4.79 Å². The minimum Gasteiger partial charge on any atom is -0.389 e. The Bertz CT molecular complexity index is 303. The third kappa shape index (κ3) is 4.33. The van der Waals surface area contributed by atoms with Crippen LogP contribution in [0.15, 0.2) is 0 Å². The van der Waals surface area contributed by atoms with Gasteiger partial charge < -0.3 is 19.6 Å². The fourth-order valence-electron chi connectivity index (χ4n) is 2.60. The summed E-state index contributed by atoms with van der Waals surface area (Å²) in [4.78, 5) is 18.3. The van der Waals surface area contributed by atoms with Gasteiger partial charge in [-0.15, -0.1) is 0 Å². The van der Waals surface area contributed by atoms with Crippen molar-refractivity contribution in [2.24, 2.45) is 0 Å². The summed E-state index contributed by atoms with van der Waals surface area (Å²) < 4.78 is 5.26. The minimum atomic E-state index is -0.670. The second kappa shape index (κ2) is 6.07. The van der Waals surface area contributed by atoms with Gasteiger partial charge in [0.2, 0.25) is 0 Å². The molecule has 0 saturated carbocycles. The molecule has 2 aliphatic rings. The van der Waals surface area contributed by atoms with Gasteiger partial charge in [0.05, 0.1) is 18.8 Å². The van der Waals surface area contributed by atoms with E-state index in [1.165, 1.54) is 0 Å². The van der Waals surface area contributed by atoms with Crippen LogP contribution >= 0.6 is 0 Å². The first kappa shape index (κ1) is 14.6. The quantitative estimate of drug-likeness (QED) is 0.757. The summed E-state index contributed by atoms with van der Waals surface area (Å²) >= 11 is 0. The summed E-state index contributed by atoms with van der Waals surface area (Å²) in [5.74, 6) is 0. The summed E-state index contributed by atoms with van der Waals surface area (Å²) in [6.45, 7) is 10.1. The Balaban J connectivity index is 1.77. The highest BCUT2D eigenvalue weighted by Crippen LogP contribution is 2.11. The Morgan fingerprint density at radius 1 is 1.05 bits per heavy atom. The maximum absolute atomic E-state index is 12.3. The van der Waals surface area contributed by atoms with Crippen molar-refractivity contribution >= 4 is 6.03 Å². The van der Waals surface area contributed by atoms with Crippen LogP contribution < -0.4 is 0 Å². The van der Waals surface area contributed by atoms with Crippen molar-refractivity contribution in [2.75, 3.05) is 59.0 Å². The Hall–Kier alpha value is -0.850. The minimum absolute atomic E-state index is 0.131. The molecule has 2 amide bonds. The molecule has 0 aromatic carbocycles. The van der Waals surface area contributed by atoms with E-state index in [0.717, 1.165) is 26.2 Å². The molecule has 0 unspecified atom stereocenters. The van der Waals surface area contributed by atoms with Gasteiger partial charge in [0.25, 0.3) is 0 Å². The van der Waals surface area contributed by atoms with Gasteiger partial charge in [-0.1, -0.05) is 0 Å². The highest BCUT2D eigenvalue weighted by Gasteiger charge is 2.28. The Labute approximate surface area is 114 Å². The van der Waals surface area contributed by atoms with E-state index in [1.807, 2.05) is 23.6 Å². The molecule has 2 aliphatic heterocycles. The fraction of sp³-hybridized carbons (Fsp3) is 0.923. The number of rotatable bonds is 2. The Kier molecular flexibility index (Phi) is 4.65. The van der Waals surface area contributed by atoms with Gasteiger partial charge in [0.1, 0.15) is 0 Å². The zero-order chi connectivity index (χ0) is 13.9. The van der Waals surface area contributed by atoms with Crippen molar-refractivity contribution in [1.82, 2.24) is 14.7 Å². The van der Waals surface area contributed by atoms with Crippen molar-refractivity contribution in [3.05, 3.63) is 0 Å². The summed E-state index contributed by atoms with van der Waals surface area (Å²) in [6.07, 6.45) is 0. The van der Waals surface area contributed by atoms with Gasteiger partial charge >= 0.3 is 6.03 Å². The molecule has 110 valence electrons. The number of ether oxygens (including phenoxy) is 1. The number of piperazine rings is 1. The van der Waals surface area contributed by atoms with Crippen LogP contribution in [0.1, 0.15) is 13.8 Å². The van der Waals surface area contributed by atoms with Crippen LogP contribution in [0.3, 0.4) is 0 Å². The standard InChI is InChI=1S/C13H25N3O3/c1-13(2,18)11-14-3-5-15(6-4-14)12(17)16-7-9-19-10-8-16/h18H,3-11H2,1-2H3. The second-order valence-electron chi connectivity index (χ2n) is 5.96. The smallest absolute Gasteiger partial charge is 0.320 e. The lowest BCUT2D eigenvalue weighted by molar-refractivity contribution is 0.0137. The molecule has 0 radical (unpaired) electrons. The average Bonchev–Trinajstić information content (AvgIpc) is 2.38. The predicted molar refractivity (Wildman–Crippen MR) is 72.1 cm³/mol. The predicted octanol–water partition coefficient (Wildman–Crippen LogP) is -0.173. The van der Waals surface area contributed by atoms with Gasteiger partial charge in [-0.05, 0) is 13.8 Å². The maximum Gasteiger partial charge on any atom is 0.320 e. The third-order valence-electron chi connectivity index (χ3n) is 3.53. The molecule has 6 nitrogen and oxygen atoms in total. The lowest BCUT2D eigenvalue weighted by Crippen LogP contribution is -2.56. The molecule has 1 N–H and O–H groups in total. The van der Waals surface area contributed by atoms with Gasteiger partial charge in [-0.2, -0.15) is 0 Å². The number of carbonyl (C=O) groups is 1. The molecule has 2 fully saturated rings. The van der Waals surface area contributed by atoms with Gasteiger partial charge in [0.15, 0.2) is 0 Å². The zero-order valence-electron chi connectivity index (χ0n) is 12.0. The highest BCUT2D eigenvalue weighted by molar-refractivity contribution is 5.74. The lowest BCUT2D eigenvalue weighted by Gasteiger charge is -2.39. The molecule has 0 bridgehead atoms. The molecular weight excluding hydrogens is 246 g/mol. The third-order valence-corrected chi connectivity index (χ3v) is 3.53. The summed E-state index contributed by atoms with van der Waals surface area (Å²) in [5, 5.41) is 9.80. The molecule has 0 atom stereocenters. The number of aliphatic hydroxyl groups is 1. The Morgan fingerprint density at radius 2 is 1.58 bits per heavy atom. The maximum atomic E-state index is 12.3. The van der Waals surface area contributed by atoms with E-state index in [-0.39, 0.29) is 6.03 Å². The van der Waals surface area contributed by atoms with E-state index in [1.54, 1.807) is 0 Å². The van der Waals surface area contributed by atoms with Crippen molar-refractivity contribution in [2.45, 2.75) is 19.4 Å². The molecule has 0 spiro atoms. The van der Waals surface area contributed by atoms with E-state index in [9.17, 15) is 9.90 Å². The van der Waals surface area contributed by atoms with E-state index in [0.29, 0.717) is 32.8 Å². The number of urea groups is 1. The molecule has 2 rings (SSSR count). The van der Waals surface area contributed by atoms with Crippen molar-refractivity contribution in [3.8, 4) is 0 Å². The van der Waals surface area contributed by atoms with Crippen LogP contribution in [0.4, 0.5) is 4.79 Å². The van der Waals surface area contributed by atoms with Crippen LogP contribution in [0.25, 0.3) is 0 Å². The summed E-state index contributed by atoms with van der Waals surface area (Å²) in [5.41, 5.74) is -0.670. The number of nitrogens with zero attached hydrogens (tertiary/aromatic N) is 3. The molecule has 2 heterocycles. The normalized spacial score (nSPS) is 22.7. The Morgan fingerprint density at radius 3 is 2.11 bits per heavy atom. The number of hydrogen-bond donors (Lipinski definition) is 1. The SMILES string of the molecule is CC(C)(O)CN1CCN(C(=O)N2CCOCC2)CC1. The average molecular weight is 271 g/mol. The largest absolute Gasteiger partial charge is 0.389 e. The van der Waals surface area contributed by atoms with E-state index >= 15 is 0 Å². The number of β-amino-alcohol motifs (C(OH)–C–C–N with tert-alkyl or cyclic N) is 1. The first-order chi connectivity index (χ1) is 8.96.